The highest BCUT2D eigenvalue weighted by atomic mass is 14.1. The minimum Gasteiger partial charge on any atom is -0.0654 e. The molecule has 0 bridgehead atoms. The summed E-state index contributed by atoms with van der Waals surface area (Å²) in [6.07, 6.45) is 3.67. The Bertz CT molecular complexity index is 680. The Hall–Kier alpha value is -1.82. The average molecular weight is 233 g/mol. The molecule has 0 spiro atoms. The topological polar surface area (TPSA) is 0 Å². The predicted molar refractivity (Wildman–Crippen MR) is 78.9 cm³/mol. The van der Waals surface area contributed by atoms with Crippen LogP contribution in [-0.2, 0) is 6.42 Å². The first-order valence-corrected chi connectivity index (χ1v) is 6.71. The van der Waals surface area contributed by atoms with Crippen molar-refractivity contribution < 1.29 is 0 Å². The lowest BCUT2D eigenvalue weighted by Gasteiger charge is -2.07. The SMILES string of the molecule is CCCCc1cccc2[c]c3ccccc3cc12. The maximum absolute atomic E-state index is 3.53. The van der Waals surface area contributed by atoms with E-state index in [1.54, 1.807) is 0 Å². The van der Waals surface area contributed by atoms with Gasteiger partial charge in [0.1, 0.15) is 0 Å². The molecule has 0 aromatic heterocycles. The number of aryl methyl sites for hydroxylation is 1. The maximum atomic E-state index is 3.53. The van der Waals surface area contributed by atoms with Crippen molar-refractivity contribution in [3.63, 3.8) is 0 Å². The van der Waals surface area contributed by atoms with Crippen molar-refractivity contribution in [2.45, 2.75) is 26.2 Å². The Balaban J connectivity index is 2.22. The molecule has 0 heteroatoms. The third kappa shape index (κ3) is 1.99. The summed E-state index contributed by atoms with van der Waals surface area (Å²) in [4.78, 5) is 0. The van der Waals surface area contributed by atoms with E-state index in [1.807, 2.05) is 0 Å². The highest BCUT2D eigenvalue weighted by Gasteiger charge is 2.02. The normalized spacial score (nSPS) is 11.2. The Labute approximate surface area is 108 Å². The fraction of sp³-hybridized carbons (Fsp3) is 0.222. The van der Waals surface area contributed by atoms with Crippen LogP contribution >= 0.6 is 0 Å². The Kier molecular flexibility index (Phi) is 3.02. The van der Waals surface area contributed by atoms with E-state index in [-0.39, 0.29) is 0 Å². The van der Waals surface area contributed by atoms with E-state index in [0.717, 1.165) is 0 Å². The quantitative estimate of drug-likeness (QED) is 0.550. The summed E-state index contributed by atoms with van der Waals surface area (Å²) in [5.74, 6) is 0. The van der Waals surface area contributed by atoms with Crippen LogP contribution in [0.1, 0.15) is 25.3 Å². The Morgan fingerprint density at radius 1 is 0.944 bits per heavy atom. The highest BCUT2D eigenvalue weighted by Crippen LogP contribution is 2.25. The second kappa shape index (κ2) is 4.81. The minimum absolute atomic E-state index is 1.17. The molecule has 0 N–H and O–H groups in total. The van der Waals surface area contributed by atoms with Gasteiger partial charge in [0, 0.05) is 0 Å². The molecule has 18 heavy (non-hydrogen) atoms. The van der Waals surface area contributed by atoms with Crippen molar-refractivity contribution in [1.29, 1.82) is 0 Å². The first kappa shape index (κ1) is 11.3. The number of hydrogen-bond acceptors (Lipinski definition) is 0. The summed E-state index contributed by atoms with van der Waals surface area (Å²) >= 11 is 0. The predicted octanol–water partition coefficient (Wildman–Crippen LogP) is 5.14. The Morgan fingerprint density at radius 3 is 2.67 bits per heavy atom. The van der Waals surface area contributed by atoms with Crippen LogP contribution in [0.3, 0.4) is 0 Å². The molecule has 0 aliphatic heterocycles. The van der Waals surface area contributed by atoms with E-state index in [4.69, 9.17) is 0 Å². The molecule has 0 aliphatic carbocycles. The van der Waals surface area contributed by atoms with Gasteiger partial charge in [-0.3, -0.25) is 0 Å². The van der Waals surface area contributed by atoms with E-state index in [2.05, 4.69) is 61.5 Å². The van der Waals surface area contributed by atoms with Crippen LogP contribution < -0.4 is 0 Å². The molecule has 3 aromatic carbocycles. The van der Waals surface area contributed by atoms with E-state index >= 15 is 0 Å². The third-order valence-corrected chi connectivity index (χ3v) is 3.53. The average Bonchev–Trinajstić information content (AvgIpc) is 2.43. The van der Waals surface area contributed by atoms with Crippen LogP contribution in [0.25, 0.3) is 21.5 Å². The number of unbranched alkanes of at least 4 members (excludes halogenated alkanes) is 1. The number of fused-ring (bicyclic) bond motifs is 2. The fourth-order valence-electron chi connectivity index (χ4n) is 2.52. The van der Waals surface area contributed by atoms with Crippen LogP contribution in [0.2, 0.25) is 0 Å². The standard InChI is InChI=1S/C18H17/c1-2-3-7-14-10-6-11-17-12-15-8-4-5-9-16(15)13-18(14)17/h4-6,8-11,13H,2-3,7H2,1H3. The van der Waals surface area contributed by atoms with Gasteiger partial charge in [-0.15, -0.1) is 0 Å². The van der Waals surface area contributed by atoms with Gasteiger partial charge in [0.15, 0.2) is 0 Å². The van der Waals surface area contributed by atoms with E-state index in [9.17, 15) is 0 Å². The lowest BCUT2D eigenvalue weighted by Crippen LogP contribution is -1.87. The van der Waals surface area contributed by atoms with Crippen molar-refractivity contribution >= 4 is 21.5 Å². The van der Waals surface area contributed by atoms with Crippen molar-refractivity contribution in [2.24, 2.45) is 0 Å². The molecule has 3 aromatic rings. The van der Waals surface area contributed by atoms with E-state index in [1.165, 1.54) is 46.4 Å². The number of hydrogen-bond donors (Lipinski definition) is 0. The molecule has 0 heterocycles. The molecule has 0 atom stereocenters. The van der Waals surface area contributed by atoms with Gasteiger partial charge in [0.2, 0.25) is 0 Å². The molecule has 0 unspecified atom stereocenters. The van der Waals surface area contributed by atoms with E-state index in [0.29, 0.717) is 0 Å². The third-order valence-electron chi connectivity index (χ3n) is 3.53. The van der Waals surface area contributed by atoms with Crippen LogP contribution in [0.4, 0.5) is 0 Å². The van der Waals surface area contributed by atoms with Crippen LogP contribution in [0, 0.1) is 6.07 Å². The van der Waals surface area contributed by atoms with Gasteiger partial charge in [-0.1, -0.05) is 55.8 Å². The zero-order valence-electron chi connectivity index (χ0n) is 10.7. The molecule has 3 rings (SSSR count). The summed E-state index contributed by atoms with van der Waals surface area (Å²) < 4.78 is 0. The monoisotopic (exact) mass is 233 g/mol. The summed E-state index contributed by atoms with van der Waals surface area (Å²) in [5, 5.41) is 5.10. The minimum atomic E-state index is 1.17. The largest absolute Gasteiger partial charge is 0.0654 e. The molecular formula is C18H17. The summed E-state index contributed by atoms with van der Waals surface area (Å²) in [6.45, 7) is 2.24. The molecule has 1 radical (unpaired) electrons. The Morgan fingerprint density at radius 2 is 1.78 bits per heavy atom. The summed E-state index contributed by atoms with van der Waals surface area (Å²) in [6, 6.07) is 20.9. The molecule has 0 aliphatic rings. The van der Waals surface area contributed by atoms with Crippen LogP contribution in [0.15, 0.2) is 48.5 Å². The molecule has 0 amide bonds. The molecule has 0 nitrogen and oxygen atoms in total. The second-order valence-electron chi connectivity index (χ2n) is 4.84. The first-order chi connectivity index (χ1) is 8.88. The van der Waals surface area contributed by atoms with Crippen molar-refractivity contribution in [3.05, 3.63) is 60.2 Å². The molecule has 0 saturated heterocycles. The smallest absolute Gasteiger partial charge is 0.00142 e. The van der Waals surface area contributed by atoms with Crippen LogP contribution in [0.5, 0.6) is 0 Å². The van der Waals surface area contributed by atoms with Gasteiger partial charge < -0.3 is 0 Å². The van der Waals surface area contributed by atoms with Gasteiger partial charge in [-0.2, -0.15) is 0 Å². The fourth-order valence-corrected chi connectivity index (χ4v) is 2.52. The van der Waals surface area contributed by atoms with Gasteiger partial charge in [-0.25, -0.2) is 0 Å². The zero-order valence-corrected chi connectivity index (χ0v) is 10.7. The van der Waals surface area contributed by atoms with Gasteiger partial charge in [0.05, 0.1) is 0 Å². The molecule has 89 valence electrons. The van der Waals surface area contributed by atoms with Crippen LogP contribution in [-0.4, -0.2) is 0 Å². The van der Waals surface area contributed by atoms with Crippen molar-refractivity contribution in [2.75, 3.05) is 0 Å². The number of rotatable bonds is 3. The summed E-state index contributed by atoms with van der Waals surface area (Å²) in [5.41, 5.74) is 1.45. The lowest BCUT2D eigenvalue weighted by molar-refractivity contribution is 0.799. The lowest BCUT2D eigenvalue weighted by atomic mass is 9.97. The molecule has 0 saturated carbocycles. The molecule has 0 fully saturated rings. The summed E-state index contributed by atoms with van der Waals surface area (Å²) in [7, 11) is 0. The highest BCUT2D eigenvalue weighted by molar-refractivity contribution is 5.98. The van der Waals surface area contributed by atoms with Gasteiger partial charge in [0.25, 0.3) is 0 Å². The van der Waals surface area contributed by atoms with Gasteiger partial charge >= 0.3 is 0 Å². The van der Waals surface area contributed by atoms with Gasteiger partial charge in [-0.05, 0) is 52.1 Å². The second-order valence-corrected chi connectivity index (χ2v) is 4.84. The van der Waals surface area contributed by atoms with E-state index < -0.39 is 0 Å². The molecular weight excluding hydrogens is 216 g/mol. The van der Waals surface area contributed by atoms with Crippen molar-refractivity contribution in [1.82, 2.24) is 0 Å². The first-order valence-electron chi connectivity index (χ1n) is 6.71. The number of benzene rings is 3. The zero-order chi connectivity index (χ0) is 12.4. The van der Waals surface area contributed by atoms with Crippen molar-refractivity contribution in [3.8, 4) is 0 Å². The maximum Gasteiger partial charge on any atom is -0.00142 e.